The zero-order valence-electron chi connectivity index (χ0n) is 11.9. The van der Waals surface area contributed by atoms with Gasteiger partial charge in [-0.15, -0.1) is 0 Å². The van der Waals surface area contributed by atoms with E-state index in [4.69, 9.17) is 14.0 Å². The molecule has 2 unspecified atom stereocenters. The summed E-state index contributed by atoms with van der Waals surface area (Å²) in [6.45, 7) is 0.958. The topological polar surface area (TPSA) is 140 Å². The zero-order chi connectivity index (χ0) is 16.5. The van der Waals surface area contributed by atoms with Crippen LogP contribution in [0.5, 0.6) is 0 Å². The number of aliphatic hydroxyl groups excluding tert-OH is 1. The molecule has 10 nitrogen and oxygen atoms in total. The molecule has 0 radical (unpaired) electrons. The maximum absolute atomic E-state index is 11.8. The van der Waals surface area contributed by atoms with Crippen molar-refractivity contribution >= 4 is 7.60 Å². The van der Waals surface area contributed by atoms with E-state index in [2.05, 4.69) is 0 Å². The van der Waals surface area contributed by atoms with Gasteiger partial charge in [0.15, 0.2) is 6.23 Å². The van der Waals surface area contributed by atoms with Crippen molar-refractivity contribution in [3.8, 4) is 0 Å². The quantitative estimate of drug-likeness (QED) is 0.560. The van der Waals surface area contributed by atoms with Crippen LogP contribution in [-0.4, -0.2) is 58.2 Å². The standard InChI is InChI=1S/C11H17N2O8P/c1-19-5-6-9(21-22(2,17)18)8(15)10(20-6)13-4-3-7(14)12-11(13)16/h3-4,6,8-10,15H,5H2,1-2H3,(H,17,18)(H,12,14,16)/t6-,8?,9?,10-/m1/s1. The Kier molecular flexibility index (Phi) is 5.00. The third-order valence-corrected chi connectivity index (χ3v) is 3.72. The predicted octanol–water partition coefficient (Wildman–Crippen LogP) is -1.36. The second-order valence-corrected chi connectivity index (χ2v) is 6.72. The van der Waals surface area contributed by atoms with E-state index < -0.39 is 43.4 Å². The normalized spacial score (nSPS) is 31.1. The molecule has 0 spiro atoms. The second-order valence-electron chi connectivity index (χ2n) is 4.90. The third-order valence-electron chi connectivity index (χ3n) is 3.08. The maximum Gasteiger partial charge on any atom is 0.330 e. The van der Waals surface area contributed by atoms with E-state index in [1.807, 2.05) is 4.98 Å². The molecule has 2 rings (SSSR count). The van der Waals surface area contributed by atoms with Gasteiger partial charge in [0.05, 0.1) is 6.61 Å². The fourth-order valence-electron chi connectivity index (χ4n) is 2.23. The van der Waals surface area contributed by atoms with Gasteiger partial charge in [0.25, 0.3) is 5.56 Å². The summed E-state index contributed by atoms with van der Waals surface area (Å²) >= 11 is 0. The average molecular weight is 336 g/mol. The Bertz CT molecular complexity index is 679. The van der Waals surface area contributed by atoms with Crippen molar-refractivity contribution < 1.29 is 28.6 Å². The van der Waals surface area contributed by atoms with Gasteiger partial charge in [-0.05, 0) is 0 Å². The van der Waals surface area contributed by atoms with Crippen LogP contribution in [-0.2, 0) is 18.6 Å². The molecule has 2 heterocycles. The summed E-state index contributed by atoms with van der Waals surface area (Å²) in [5.41, 5.74) is -1.37. The fourth-order valence-corrected chi connectivity index (χ4v) is 2.94. The van der Waals surface area contributed by atoms with Crippen molar-refractivity contribution in [2.45, 2.75) is 24.5 Å². The predicted molar refractivity (Wildman–Crippen MR) is 73.7 cm³/mol. The van der Waals surface area contributed by atoms with E-state index in [0.29, 0.717) is 0 Å². The Balaban J connectivity index is 2.32. The molecule has 0 aromatic carbocycles. The van der Waals surface area contributed by atoms with E-state index in [0.717, 1.165) is 23.5 Å². The van der Waals surface area contributed by atoms with Crippen molar-refractivity contribution in [3.63, 3.8) is 0 Å². The number of methoxy groups -OCH3 is 1. The van der Waals surface area contributed by atoms with Gasteiger partial charge >= 0.3 is 13.3 Å². The number of nitrogens with zero attached hydrogens (tertiary/aromatic N) is 1. The number of aliphatic hydroxyl groups is 1. The minimum atomic E-state index is -3.89. The number of nitrogens with one attached hydrogen (secondary N) is 1. The summed E-state index contributed by atoms with van der Waals surface area (Å²) in [4.78, 5) is 34.2. The smallest absolute Gasteiger partial charge is 0.330 e. The van der Waals surface area contributed by atoms with Gasteiger partial charge in [-0.2, -0.15) is 0 Å². The van der Waals surface area contributed by atoms with Gasteiger partial charge in [-0.3, -0.25) is 23.4 Å². The number of ether oxygens (including phenoxy) is 2. The number of hydrogen-bond donors (Lipinski definition) is 3. The lowest BCUT2D eigenvalue weighted by Crippen LogP contribution is -2.38. The highest BCUT2D eigenvalue weighted by Gasteiger charge is 2.47. The Morgan fingerprint density at radius 2 is 2.18 bits per heavy atom. The van der Waals surface area contributed by atoms with Crippen LogP contribution in [0.15, 0.2) is 21.9 Å². The fraction of sp³-hybridized carbons (Fsp3) is 0.636. The molecule has 0 amide bonds. The van der Waals surface area contributed by atoms with Crippen LogP contribution in [0.2, 0.25) is 0 Å². The van der Waals surface area contributed by atoms with Crippen LogP contribution in [0, 0.1) is 0 Å². The molecule has 22 heavy (non-hydrogen) atoms. The lowest BCUT2D eigenvalue weighted by atomic mass is 10.1. The molecule has 1 aromatic heterocycles. The third kappa shape index (κ3) is 3.72. The van der Waals surface area contributed by atoms with Crippen LogP contribution in [0.3, 0.4) is 0 Å². The molecule has 1 aliphatic heterocycles. The molecule has 0 saturated carbocycles. The van der Waals surface area contributed by atoms with E-state index >= 15 is 0 Å². The van der Waals surface area contributed by atoms with Crippen LogP contribution in [0.4, 0.5) is 0 Å². The van der Waals surface area contributed by atoms with Crippen LogP contribution >= 0.6 is 7.60 Å². The van der Waals surface area contributed by atoms with Crippen molar-refractivity contribution in [2.75, 3.05) is 20.4 Å². The molecule has 5 atom stereocenters. The Morgan fingerprint density at radius 1 is 1.50 bits per heavy atom. The number of H-pyrrole nitrogens is 1. The molecule has 1 saturated heterocycles. The van der Waals surface area contributed by atoms with Crippen LogP contribution in [0.1, 0.15) is 6.23 Å². The summed E-state index contributed by atoms with van der Waals surface area (Å²) in [5.74, 6) is 0. The van der Waals surface area contributed by atoms with Crippen molar-refractivity contribution in [1.82, 2.24) is 9.55 Å². The van der Waals surface area contributed by atoms with E-state index in [1.165, 1.54) is 7.11 Å². The molecule has 11 heteroatoms. The Hall–Kier alpha value is -1.29. The first-order chi connectivity index (χ1) is 10.2. The first-order valence-corrected chi connectivity index (χ1v) is 8.38. The second kappa shape index (κ2) is 6.45. The molecule has 1 aromatic rings. The highest BCUT2D eigenvalue weighted by molar-refractivity contribution is 7.51. The number of rotatable bonds is 5. The summed E-state index contributed by atoms with van der Waals surface area (Å²) in [6, 6.07) is 1.09. The minimum absolute atomic E-state index is 0.0175. The molecule has 3 N–H and O–H groups in total. The summed E-state index contributed by atoms with van der Waals surface area (Å²) in [6.07, 6.45) is -3.44. The van der Waals surface area contributed by atoms with Crippen molar-refractivity contribution in [3.05, 3.63) is 33.1 Å². The first-order valence-electron chi connectivity index (χ1n) is 6.35. The molecular formula is C11H17N2O8P. The highest BCUT2D eigenvalue weighted by atomic mass is 31.2. The van der Waals surface area contributed by atoms with Crippen LogP contribution < -0.4 is 11.2 Å². The van der Waals surface area contributed by atoms with Gasteiger partial charge in [-0.1, -0.05) is 0 Å². The van der Waals surface area contributed by atoms with E-state index in [9.17, 15) is 24.2 Å². The lowest BCUT2D eigenvalue weighted by molar-refractivity contribution is -0.0607. The summed E-state index contributed by atoms with van der Waals surface area (Å²) < 4.78 is 27.8. The van der Waals surface area contributed by atoms with Gasteiger partial charge in [0.2, 0.25) is 0 Å². The number of aromatic nitrogens is 2. The molecule has 0 aliphatic carbocycles. The number of hydrogen-bond acceptors (Lipinski definition) is 7. The van der Waals surface area contributed by atoms with E-state index in [-0.39, 0.29) is 6.61 Å². The van der Waals surface area contributed by atoms with E-state index in [1.54, 1.807) is 0 Å². The van der Waals surface area contributed by atoms with Gasteiger partial charge < -0.3 is 19.5 Å². The number of aromatic amines is 1. The van der Waals surface area contributed by atoms with Crippen LogP contribution in [0.25, 0.3) is 0 Å². The maximum atomic E-state index is 11.8. The van der Waals surface area contributed by atoms with Crippen molar-refractivity contribution in [1.29, 1.82) is 0 Å². The highest BCUT2D eigenvalue weighted by Crippen LogP contribution is 2.43. The minimum Gasteiger partial charge on any atom is -0.386 e. The Labute approximate surface area is 124 Å². The van der Waals surface area contributed by atoms with Gasteiger partial charge in [0, 0.05) is 26.0 Å². The molecule has 0 bridgehead atoms. The lowest BCUT2D eigenvalue weighted by Gasteiger charge is -2.21. The summed E-state index contributed by atoms with van der Waals surface area (Å²) in [5, 5.41) is 10.3. The zero-order valence-corrected chi connectivity index (χ0v) is 12.8. The Morgan fingerprint density at radius 3 is 2.73 bits per heavy atom. The average Bonchev–Trinajstić information content (AvgIpc) is 2.67. The largest absolute Gasteiger partial charge is 0.386 e. The summed E-state index contributed by atoms with van der Waals surface area (Å²) in [7, 11) is -2.51. The molecule has 1 fully saturated rings. The van der Waals surface area contributed by atoms with Gasteiger partial charge in [-0.25, -0.2) is 4.79 Å². The molecule has 1 aliphatic rings. The van der Waals surface area contributed by atoms with Gasteiger partial charge in [0.1, 0.15) is 18.3 Å². The first kappa shape index (κ1) is 17.1. The molecular weight excluding hydrogens is 319 g/mol. The monoisotopic (exact) mass is 336 g/mol. The SMILES string of the molecule is COC[C@H]1O[C@@H](n2ccc(=O)[nH]c2=O)C(O)C1O[P@@](C)(=O)O. The molecule has 124 valence electrons. The van der Waals surface area contributed by atoms with Crippen molar-refractivity contribution in [2.24, 2.45) is 0 Å².